The fourth-order valence-corrected chi connectivity index (χ4v) is 2.41. The minimum absolute atomic E-state index is 0.134. The van der Waals surface area contributed by atoms with Crippen molar-refractivity contribution in [1.29, 1.82) is 0 Å². The lowest BCUT2D eigenvalue weighted by molar-refractivity contribution is -0.128. The standard InChI is InChI=1S/C19H22ClNO2/c1-4-18(23-16-10-9-13(2)14(3)11-16)19(22)21-12-15-7-5-6-8-17(15)20/h5-11,18H,4,12H2,1-3H3,(H,21,22). The van der Waals surface area contributed by atoms with E-state index in [1.807, 2.05) is 63.2 Å². The summed E-state index contributed by atoms with van der Waals surface area (Å²) in [5.74, 6) is 0.582. The van der Waals surface area contributed by atoms with Gasteiger partial charge in [0.1, 0.15) is 5.75 Å². The van der Waals surface area contributed by atoms with E-state index in [1.54, 1.807) is 0 Å². The number of halogens is 1. The number of amides is 1. The van der Waals surface area contributed by atoms with E-state index in [-0.39, 0.29) is 5.91 Å². The van der Waals surface area contributed by atoms with Crippen molar-refractivity contribution in [2.45, 2.75) is 39.8 Å². The van der Waals surface area contributed by atoms with Crippen molar-refractivity contribution in [1.82, 2.24) is 5.32 Å². The number of carbonyl (C=O) groups is 1. The molecule has 0 saturated carbocycles. The van der Waals surface area contributed by atoms with Crippen LogP contribution in [0.4, 0.5) is 0 Å². The summed E-state index contributed by atoms with van der Waals surface area (Å²) in [5.41, 5.74) is 3.24. The molecule has 122 valence electrons. The minimum Gasteiger partial charge on any atom is -0.481 e. The second-order valence-corrected chi connectivity index (χ2v) is 5.98. The van der Waals surface area contributed by atoms with E-state index in [2.05, 4.69) is 5.32 Å². The summed E-state index contributed by atoms with van der Waals surface area (Å²) in [7, 11) is 0. The van der Waals surface area contributed by atoms with Gasteiger partial charge < -0.3 is 10.1 Å². The summed E-state index contributed by atoms with van der Waals surface area (Å²) in [6, 6.07) is 13.3. The van der Waals surface area contributed by atoms with E-state index >= 15 is 0 Å². The van der Waals surface area contributed by atoms with Gasteiger partial charge in [-0.05, 0) is 55.2 Å². The number of carbonyl (C=O) groups excluding carboxylic acids is 1. The Balaban J connectivity index is 1.98. The highest BCUT2D eigenvalue weighted by molar-refractivity contribution is 6.31. The van der Waals surface area contributed by atoms with Gasteiger partial charge in [-0.25, -0.2) is 0 Å². The third-order valence-corrected chi connectivity index (χ3v) is 4.20. The molecule has 1 unspecified atom stereocenters. The molecule has 0 aromatic heterocycles. The predicted molar refractivity (Wildman–Crippen MR) is 93.9 cm³/mol. The Morgan fingerprint density at radius 2 is 1.91 bits per heavy atom. The second kappa shape index (κ2) is 8.02. The summed E-state index contributed by atoms with van der Waals surface area (Å²) < 4.78 is 5.83. The van der Waals surface area contributed by atoms with Crippen LogP contribution in [0.3, 0.4) is 0 Å². The topological polar surface area (TPSA) is 38.3 Å². The Hall–Kier alpha value is -2.00. The number of ether oxygens (including phenoxy) is 1. The maximum atomic E-state index is 12.3. The van der Waals surface area contributed by atoms with Gasteiger partial charge >= 0.3 is 0 Å². The maximum absolute atomic E-state index is 12.3. The van der Waals surface area contributed by atoms with Crippen molar-refractivity contribution >= 4 is 17.5 Å². The van der Waals surface area contributed by atoms with Crippen LogP contribution in [-0.2, 0) is 11.3 Å². The Morgan fingerprint density at radius 3 is 2.57 bits per heavy atom. The molecular weight excluding hydrogens is 310 g/mol. The largest absolute Gasteiger partial charge is 0.481 e. The third-order valence-electron chi connectivity index (χ3n) is 3.83. The van der Waals surface area contributed by atoms with Gasteiger partial charge in [0.15, 0.2) is 6.10 Å². The number of hydrogen-bond donors (Lipinski definition) is 1. The first kappa shape index (κ1) is 17.4. The molecular formula is C19H22ClNO2. The summed E-state index contributed by atoms with van der Waals surface area (Å²) in [6.45, 7) is 6.40. The molecule has 0 bridgehead atoms. The zero-order valence-corrected chi connectivity index (χ0v) is 14.5. The number of rotatable bonds is 6. The molecule has 0 fully saturated rings. The van der Waals surface area contributed by atoms with Gasteiger partial charge in [-0.1, -0.05) is 42.8 Å². The first-order chi connectivity index (χ1) is 11.0. The van der Waals surface area contributed by atoms with Gasteiger partial charge in [0.2, 0.25) is 0 Å². The molecule has 2 aromatic carbocycles. The van der Waals surface area contributed by atoms with E-state index in [9.17, 15) is 4.79 Å². The molecule has 1 atom stereocenters. The van der Waals surface area contributed by atoms with Crippen molar-refractivity contribution in [2.24, 2.45) is 0 Å². The van der Waals surface area contributed by atoms with Gasteiger partial charge in [-0.3, -0.25) is 4.79 Å². The monoisotopic (exact) mass is 331 g/mol. The molecule has 0 heterocycles. The Bertz CT molecular complexity index is 685. The molecule has 0 saturated heterocycles. The Morgan fingerprint density at radius 1 is 1.17 bits per heavy atom. The van der Waals surface area contributed by atoms with Crippen molar-refractivity contribution in [3.8, 4) is 5.75 Å². The zero-order valence-electron chi connectivity index (χ0n) is 13.7. The molecule has 2 aromatic rings. The highest BCUT2D eigenvalue weighted by Crippen LogP contribution is 2.19. The van der Waals surface area contributed by atoms with Crippen LogP contribution in [0.1, 0.15) is 30.0 Å². The molecule has 0 aliphatic rings. The molecule has 4 heteroatoms. The molecule has 0 aliphatic heterocycles. The summed E-state index contributed by atoms with van der Waals surface area (Å²) in [4.78, 5) is 12.3. The first-order valence-electron chi connectivity index (χ1n) is 7.76. The van der Waals surface area contributed by atoms with Gasteiger partial charge in [0, 0.05) is 11.6 Å². The smallest absolute Gasteiger partial charge is 0.261 e. The fourth-order valence-electron chi connectivity index (χ4n) is 2.21. The number of hydrogen-bond acceptors (Lipinski definition) is 2. The minimum atomic E-state index is -0.514. The maximum Gasteiger partial charge on any atom is 0.261 e. The predicted octanol–water partition coefficient (Wildman–Crippen LogP) is 4.43. The molecule has 0 spiro atoms. The van der Waals surface area contributed by atoms with Crippen LogP contribution in [-0.4, -0.2) is 12.0 Å². The Kier molecular flexibility index (Phi) is 6.05. The van der Waals surface area contributed by atoms with Crippen LogP contribution >= 0.6 is 11.6 Å². The number of benzene rings is 2. The quantitative estimate of drug-likeness (QED) is 0.850. The van der Waals surface area contributed by atoms with E-state index in [1.165, 1.54) is 5.56 Å². The fraction of sp³-hybridized carbons (Fsp3) is 0.316. The zero-order chi connectivity index (χ0) is 16.8. The molecule has 3 nitrogen and oxygen atoms in total. The van der Waals surface area contributed by atoms with Gasteiger partial charge in [-0.2, -0.15) is 0 Å². The highest BCUT2D eigenvalue weighted by Gasteiger charge is 2.18. The molecule has 0 radical (unpaired) electrons. The number of nitrogens with one attached hydrogen (secondary N) is 1. The van der Waals surface area contributed by atoms with Crippen molar-refractivity contribution in [3.05, 3.63) is 64.2 Å². The first-order valence-corrected chi connectivity index (χ1v) is 8.14. The summed E-state index contributed by atoms with van der Waals surface area (Å²) in [5, 5.41) is 3.54. The molecule has 2 rings (SSSR count). The molecule has 1 amide bonds. The van der Waals surface area contributed by atoms with Crippen LogP contribution < -0.4 is 10.1 Å². The van der Waals surface area contributed by atoms with Crippen molar-refractivity contribution in [2.75, 3.05) is 0 Å². The second-order valence-electron chi connectivity index (χ2n) is 5.57. The number of aryl methyl sites for hydroxylation is 2. The lowest BCUT2D eigenvalue weighted by Crippen LogP contribution is -2.37. The normalized spacial score (nSPS) is 11.8. The van der Waals surface area contributed by atoms with Crippen LogP contribution in [0, 0.1) is 13.8 Å². The van der Waals surface area contributed by atoms with E-state index in [0.717, 1.165) is 11.1 Å². The van der Waals surface area contributed by atoms with Crippen LogP contribution in [0.5, 0.6) is 5.75 Å². The SMILES string of the molecule is CCC(Oc1ccc(C)c(C)c1)C(=O)NCc1ccccc1Cl. The van der Waals surface area contributed by atoms with E-state index < -0.39 is 6.10 Å². The molecule has 23 heavy (non-hydrogen) atoms. The van der Waals surface area contributed by atoms with Crippen molar-refractivity contribution in [3.63, 3.8) is 0 Å². The van der Waals surface area contributed by atoms with E-state index in [4.69, 9.17) is 16.3 Å². The molecule has 1 N–H and O–H groups in total. The van der Waals surface area contributed by atoms with Crippen molar-refractivity contribution < 1.29 is 9.53 Å². The molecule has 0 aliphatic carbocycles. The lowest BCUT2D eigenvalue weighted by atomic mass is 10.1. The average Bonchev–Trinajstić information content (AvgIpc) is 2.54. The highest BCUT2D eigenvalue weighted by atomic mass is 35.5. The summed E-state index contributed by atoms with van der Waals surface area (Å²) >= 11 is 6.10. The van der Waals surface area contributed by atoms with Crippen LogP contribution in [0.2, 0.25) is 5.02 Å². The van der Waals surface area contributed by atoms with Gasteiger partial charge in [0.25, 0.3) is 5.91 Å². The van der Waals surface area contributed by atoms with Gasteiger partial charge in [0.05, 0.1) is 0 Å². The van der Waals surface area contributed by atoms with Crippen LogP contribution in [0.25, 0.3) is 0 Å². The Labute approximate surface area is 142 Å². The average molecular weight is 332 g/mol. The van der Waals surface area contributed by atoms with E-state index in [0.29, 0.717) is 23.7 Å². The van der Waals surface area contributed by atoms with Crippen LogP contribution in [0.15, 0.2) is 42.5 Å². The summed E-state index contributed by atoms with van der Waals surface area (Å²) in [6.07, 6.45) is 0.0842. The lowest BCUT2D eigenvalue weighted by Gasteiger charge is -2.18. The third kappa shape index (κ3) is 4.73. The van der Waals surface area contributed by atoms with Gasteiger partial charge in [-0.15, -0.1) is 0 Å².